The molecule has 1 aliphatic heterocycles. The largest absolute Gasteiger partial charge is 0.318 e. The SMILES string of the molecule is Cc1cc(-c2nc3n(n2)Cc2ccccc2-3)c(C)n1-c1ccccc1. The second-order valence-electron chi connectivity index (χ2n) is 6.53. The van der Waals surface area contributed by atoms with E-state index in [0.29, 0.717) is 0 Å². The molecule has 0 N–H and O–H groups in total. The molecule has 0 fully saturated rings. The van der Waals surface area contributed by atoms with Gasteiger partial charge in [0.15, 0.2) is 11.6 Å². The van der Waals surface area contributed by atoms with Gasteiger partial charge in [0, 0.05) is 28.2 Å². The van der Waals surface area contributed by atoms with Gasteiger partial charge in [-0.3, -0.25) is 0 Å². The summed E-state index contributed by atoms with van der Waals surface area (Å²) in [5, 5.41) is 4.78. The van der Waals surface area contributed by atoms with E-state index in [1.54, 1.807) is 0 Å². The number of fused-ring (bicyclic) bond motifs is 3. The third-order valence-electron chi connectivity index (χ3n) is 4.94. The highest BCUT2D eigenvalue weighted by Gasteiger charge is 2.24. The van der Waals surface area contributed by atoms with Crippen molar-refractivity contribution in [3.05, 3.63) is 77.6 Å². The highest BCUT2D eigenvalue weighted by atomic mass is 15.4. The Kier molecular flexibility index (Phi) is 2.95. The molecule has 3 heterocycles. The van der Waals surface area contributed by atoms with Gasteiger partial charge in [-0.2, -0.15) is 5.10 Å². The molecule has 4 nitrogen and oxygen atoms in total. The van der Waals surface area contributed by atoms with Crippen molar-refractivity contribution in [2.75, 3.05) is 0 Å². The second-order valence-corrected chi connectivity index (χ2v) is 6.53. The lowest BCUT2D eigenvalue weighted by molar-refractivity contribution is 0.722. The monoisotopic (exact) mass is 326 g/mol. The minimum atomic E-state index is 0.802. The molecular formula is C21H18N4. The van der Waals surface area contributed by atoms with Gasteiger partial charge in [0.05, 0.1) is 6.54 Å². The highest BCUT2D eigenvalue weighted by molar-refractivity contribution is 5.69. The molecule has 0 atom stereocenters. The predicted molar refractivity (Wildman–Crippen MR) is 98.8 cm³/mol. The summed E-state index contributed by atoms with van der Waals surface area (Å²) in [6.45, 7) is 5.06. The molecule has 2 aromatic heterocycles. The topological polar surface area (TPSA) is 35.6 Å². The van der Waals surface area contributed by atoms with E-state index in [1.165, 1.54) is 28.2 Å². The Balaban J connectivity index is 1.63. The van der Waals surface area contributed by atoms with Crippen molar-refractivity contribution in [2.24, 2.45) is 0 Å². The van der Waals surface area contributed by atoms with E-state index < -0.39 is 0 Å². The maximum Gasteiger partial charge on any atom is 0.183 e. The van der Waals surface area contributed by atoms with Crippen LogP contribution in [0, 0.1) is 13.8 Å². The van der Waals surface area contributed by atoms with Crippen LogP contribution in [0.5, 0.6) is 0 Å². The van der Waals surface area contributed by atoms with Gasteiger partial charge in [-0.25, -0.2) is 9.67 Å². The van der Waals surface area contributed by atoms with Gasteiger partial charge in [-0.1, -0.05) is 42.5 Å². The molecule has 5 rings (SSSR count). The normalized spacial score (nSPS) is 12.2. The molecule has 0 radical (unpaired) electrons. The zero-order chi connectivity index (χ0) is 17.0. The van der Waals surface area contributed by atoms with Crippen LogP contribution in [-0.4, -0.2) is 19.3 Å². The summed E-state index contributed by atoms with van der Waals surface area (Å²) in [7, 11) is 0. The van der Waals surface area contributed by atoms with E-state index in [0.717, 1.165) is 23.8 Å². The van der Waals surface area contributed by atoms with Crippen LogP contribution in [0.4, 0.5) is 0 Å². The Morgan fingerprint density at radius 2 is 1.64 bits per heavy atom. The number of hydrogen-bond donors (Lipinski definition) is 0. The Hall–Kier alpha value is -3.14. The van der Waals surface area contributed by atoms with Crippen LogP contribution in [0.2, 0.25) is 0 Å². The first kappa shape index (κ1) is 14.2. The molecule has 0 saturated heterocycles. The fourth-order valence-electron chi connectivity index (χ4n) is 3.77. The number of nitrogens with zero attached hydrogens (tertiary/aromatic N) is 4. The fourth-order valence-corrected chi connectivity index (χ4v) is 3.77. The van der Waals surface area contributed by atoms with Crippen LogP contribution in [0.1, 0.15) is 17.0 Å². The average Bonchev–Trinajstić information content (AvgIpc) is 3.26. The van der Waals surface area contributed by atoms with Crippen LogP contribution in [0.15, 0.2) is 60.7 Å². The number of rotatable bonds is 2. The van der Waals surface area contributed by atoms with Crippen molar-refractivity contribution in [3.8, 4) is 28.5 Å². The predicted octanol–water partition coefficient (Wildman–Crippen LogP) is 4.38. The molecule has 2 aromatic carbocycles. The molecule has 4 aromatic rings. The highest BCUT2D eigenvalue weighted by Crippen LogP contribution is 2.33. The summed E-state index contributed by atoms with van der Waals surface area (Å²) >= 11 is 0. The Morgan fingerprint density at radius 3 is 2.48 bits per heavy atom. The van der Waals surface area contributed by atoms with Crippen LogP contribution in [0.3, 0.4) is 0 Å². The van der Waals surface area contributed by atoms with E-state index >= 15 is 0 Å². The zero-order valence-corrected chi connectivity index (χ0v) is 14.3. The van der Waals surface area contributed by atoms with Gasteiger partial charge in [0.25, 0.3) is 0 Å². The number of hydrogen-bond acceptors (Lipinski definition) is 2. The lowest BCUT2D eigenvalue weighted by Crippen LogP contribution is -1.99. The van der Waals surface area contributed by atoms with E-state index in [-0.39, 0.29) is 0 Å². The standard InChI is InChI=1S/C21H18N4/c1-14-12-19(15(2)25(14)17-9-4-3-5-10-17)20-22-21-18-11-7-6-8-16(18)13-24(21)23-20/h3-12H,13H2,1-2H3. The van der Waals surface area contributed by atoms with Crippen LogP contribution in [-0.2, 0) is 6.54 Å². The van der Waals surface area contributed by atoms with Crippen LogP contribution in [0.25, 0.3) is 28.5 Å². The minimum absolute atomic E-state index is 0.802. The first-order valence-electron chi connectivity index (χ1n) is 8.50. The summed E-state index contributed by atoms with van der Waals surface area (Å²) in [6, 6.07) is 21.0. The molecule has 0 saturated carbocycles. The molecule has 0 spiro atoms. The first-order chi connectivity index (χ1) is 12.2. The third kappa shape index (κ3) is 2.07. The molecule has 1 aliphatic rings. The van der Waals surface area contributed by atoms with E-state index in [9.17, 15) is 0 Å². The van der Waals surface area contributed by atoms with Crippen molar-refractivity contribution < 1.29 is 0 Å². The quantitative estimate of drug-likeness (QED) is 0.482. The smallest absolute Gasteiger partial charge is 0.183 e. The maximum atomic E-state index is 4.85. The molecule has 0 aliphatic carbocycles. The summed E-state index contributed by atoms with van der Waals surface area (Å²) in [5.74, 6) is 1.77. The minimum Gasteiger partial charge on any atom is -0.318 e. The van der Waals surface area contributed by atoms with E-state index in [2.05, 4.69) is 73.0 Å². The van der Waals surface area contributed by atoms with Crippen molar-refractivity contribution in [3.63, 3.8) is 0 Å². The van der Waals surface area contributed by atoms with Crippen molar-refractivity contribution in [1.82, 2.24) is 19.3 Å². The Bertz CT molecular complexity index is 1090. The summed E-state index contributed by atoms with van der Waals surface area (Å²) in [6.07, 6.45) is 0. The molecule has 0 unspecified atom stereocenters. The Morgan fingerprint density at radius 1 is 0.880 bits per heavy atom. The fraction of sp³-hybridized carbons (Fsp3) is 0.143. The number of benzene rings is 2. The van der Waals surface area contributed by atoms with E-state index in [4.69, 9.17) is 10.1 Å². The number of aromatic nitrogens is 4. The molecule has 4 heteroatoms. The molecule has 122 valence electrons. The summed E-state index contributed by atoms with van der Waals surface area (Å²) in [4.78, 5) is 4.85. The van der Waals surface area contributed by atoms with Gasteiger partial charge >= 0.3 is 0 Å². The van der Waals surface area contributed by atoms with Crippen LogP contribution < -0.4 is 0 Å². The van der Waals surface area contributed by atoms with Gasteiger partial charge in [-0.05, 0) is 37.6 Å². The van der Waals surface area contributed by atoms with Crippen molar-refractivity contribution in [2.45, 2.75) is 20.4 Å². The van der Waals surface area contributed by atoms with Gasteiger partial charge in [0.2, 0.25) is 0 Å². The molecule has 0 bridgehead atoms. The number of aryl methyl sites for hydroxylation is 1. The maximum absolute atomic E-state index is 4.85. The average molecular weight is 326 g/mol. The molecule has 0 amide bonds. The van der Waals surface area contributed by atoms with Gasteiger partial charge < -0.3 is 4.57 Å². The molecule has 25 heavy (non-hydrogen) atoms. The Labute approximate surface area is 146 Å². The number of para-hydroxylation sites is 1. The van der Waals surface area contributed by atoms with Crippen molar-refractivity contribution >= 4 is 0 Å². The van der Waals surface area contributed by atoms with E-state index in [1.807, 2.05) is 10.7 Å². The second kappa shape index (κ2) is 5.18. The third-order valence-corrected chi connectivity index (χ3v) is 4.94. The van der Waals surface area contributed by atoms with Gasteiger partial charge in [0.1, 0.15) is 0 Å². The first-order valence-corrected chi connectivity index (χ1v) is 8.50. The summed E-state index contributed by atoms with van der Waals surface area (Å²) < 4.78 is 4.27. The van der Waals surface area contributed by atoms with Crippen LogP contribution >= 0.6 is 0 Å². The molecular weight excluding hydrogens is 308 g/mol. The van der Waals surface area contributed by atoms with Crippen molar-refractivity contribution in [1.29, 1.82) is 0 Å². The van der Waals surface area contributed by atoms with Gasteiger partial charge in [-0.15, -0.1) is 0 Å². The summed E-state index contributed by atoms with van der Waals surface area (Å²) in [5.41, 5.74) is 7.11. The lowest BCUT2D eigenvalue weighted by Gasteiger charge is -2.09. The lowest BCUT2D eigenvalue weighted by atomic mass is 10.1. The zero-order valence-electron chi connectivity index (χ0n) is 14.3.